The van der Waals surface area contributed by atoms with Crippen LogP contribution in [0.2, 0.25) is 0 Å². The molecule has 2 aromatic rings. The van der Waals surface area contributed by atoms with Crippen molar-refractivity contribution in [3.8, 4) is 5.75 Å². The van der Waals surface area contributed by atoms with Gasteiger partial charge in [-0.3, -0.25) is 0 Å². The van der Waals surface area contributed by atoms with Crippen molar-refractivity contribution in [2.45, 2.75) is 32.4 Å². The number of aliphatic hydroxyl groups excluding tert-OH is 1. The van der Waals surface area contributed by atoms with Crippen LogP contribution in [0.15, 0.2) is 41.0 Å². The average molecular weight is 336 g/mol. The normalized spacial score (nSPS) is 13.2. The SMILES string of the molecule is CCOc1ccc(NC(=O)NC(C)CC(O)c2ccco2)cc1F. The Kier molecular flexibility index (Phi) is 6.20. The number of carbonyl (C=O) groups is 1. The highest BCUT2D eigenvalue weighted by Crippen LogP contribution is 2.21. The number of urea groups is 1. The van der Waals surface area contributed by atoms with Crippen molar-refractivity contribution >= 4 is 11.7 Å². The number of hydrogen-bond acceptors (Lipinski definition) is 4. The van der Waals surface area contributed by atoms with E-state index in [4.69, 9.17) is 9.15 Å². The summed E-state index contributed by atoms with van der Waals surface area (Å²) in [6, 6.07) is 6.75. The highest BCUT2D eigenvalue weighted by atomic mass is 19.1. The fourth-order valence-corrected chi connectivity index (χ4v) is 2.23. The minimum Gasteiger partial charge on any atom is -0.491 e. The van der Waals surface area contributed by atoms with E-state index >= 15 is 0 Å². The lowest BCUT2D eigenvalue weighted by molar-refractivity contribution is 0.130. The molecule has 0 radical (unpaired) electrons. The molecular formula is C17H21FN2O4. The summed E-state index contributed by atoms with van der Waals surface area (Å²) >= 11 is 0. The Balaban J connectivity index is 1.85. The maximum Gasteiger partial charge on any atom is 0.319 e. The maximum atomic E-state index is 13.7. The van der Waals surface area contributed by atoms with Crippen LogP contribution in [0.25, 0.3) is 0 Å². The van der Waals surface area contributed by atoms with Crippen LogP contribution in [0.3, 0.4) is 0 Å². The molecule has 0 fully saturated rings. The molecular weight excluding hydrogens is 315 g/mol. The quantitative estimate of drug-likeness (QED) is 0.723. The number of anilines is 1. The lowest BCUT2D eigenvalue weighted by atomic mass is 10.1. The molecule has 6 nitrogen and oxygen atoms in total. The Morgan fingerprint density at radius 1 is 1.42 bits per heavy atom. The zero-order valence-electron chi connectivity index (χ0n) is 13.6. The Morgan fingerprint density at radius 2 is 2.21 bits per heavy atom. The van der Waals surface area contributed by atoms with E-state index in [9.17, 15) is 14.3 Å². The summed E-state index contributed by atoms with van der Waals surface area (Å²) in [6.07, 6.45) is 0.959. The molecule has 24 heavy (non-hydrogen) atoms. The number of aliphatic hydroxyl groups is 1. The topological polar surface area (TPSA) is 83.7 Å². The molecule has 3 N–H and O–H groups in total. The first-order chi connectivity index (χ1) is 11.5. The van der Waals surface area contributed by atoms with E-state index < -0.39 is 18.0 Å². The van der Waals surface area contributed by atoms with Gasteiger partial charge in [0.05, 0.1) is 12.9 Å². The van der Waals surface area contributed by atoms with E-state index in [2.05, 4.69) is 10.6 Å². The molecule has 0 bridgehead atoms. The highest BCUT2D eigenvalue weighted by molar-refractivity contribution is 5.89. The first-order valence-electron chi connectivity index (χ1n) is 7.71. The second kappa shape index (κ2) is 8.35. The Hall–Kier alpha value is -2.54. The van der Waals surface area contributed by atoms with Crippen LogP contribution in [0, 0.1) is 5.82 Å². The third-order valence-corrected chi connectivity index (χ3v) is 3.32. The number of nitrogens with one attached hydrogen (secondary N) is 2. The van der Waals surface area contributed by atoms with Crippen LogP contribution in [-0.4, -0.2) is 23.8 Å². The molecule has 2 atom stereocenters. The number of carbonyl (C=O) groups excluding carboxylic acids is 1. The number of benzene rings is 1. The molecule has 0 spiro atoms. The summed E-state index contributed by atoms with van der Waals surface area (Å²) in [5, 5.41) is 15.2. The van der Waals surface area contributed by atoms with E-state index in [1.54, 1.807) is 32.0 Å². The molecule has 0 aliphatic heterocycles. The third kappa shape index (κ3) is 4.99. The molecule has 0 saturated carbocycles. The number of amides is 2. The van der Waals surface area contributed by atoms with Crippen molar-refractivity contribution in [1.82, 2.24) is 5.32 Å². The number of ether oxygens (including phenoxy) is 1. The lowest BCUT2D eigenvalue weighted by Crippen LogP contribution is -2.37. The van der Waals surface area contributed by atoms with Crippen LogP contribution >= 0.6 is 0 Å². The van der Waals surface area contributed by atoms with Crippen molar-refractivity contribution in [2.75, 3.05) is 11.9 Å². The summed E-state index contributed by atoms with van der Waals surface area (Å²) < 4.78 is 23.9. The van der Waals surface area contributed by atoms with E-state index in [0.717, 1.165) is 0 Å². The summed E-state index contributed by atoms with van der Waals surface area (Å²) in [7, 11) is 0. The van der Waals surface area contributed by atoms with Crippen molar-refractivity contribution < 1.29 is 23.4 Å². The number of furan rings is 1. The van der Waals surface area contributed by atoms with Gasteiger partial charge in [-0.15, -0.1) is 0 Å². The second-order valence-electron chi connectivity index (χ2n) is 5.34. The molecule has 1 aromatic carbocycles. The first-order valence-corrected chi connectivity index (χ1v) is 7.71. The molecule has 1 aromatic heterocycles. The summed E-state index contributed by atoms with van der Waals surface area (Å²) in [5.41, 5.74) is 0.312. The predicted octanol–water partition coefficient (Wildman–Crippen LogP) is 3.45. The van der Waals surface area contributed by atoms with Gasteiger partial charge in [-0.25, -0.2) is 9.18 Å². The lowest BCUT2D eigenvalue weighted by Gasteiger charge is -2.17. The fourth-order valence-electron chi connectivity index (χ4n) is 2.23. The zero-order valence-corrected chi connectivity index (χ0v) is 13.6. The van der Waals surface area contributed by atoms with Gasteiger partial charge in [-0.1, -0.05) is 0 Å². The van der Waals surface area contributed by atoms with Gasteiger partial charge in [0.1, 0.15) is 11.9 Å². The van der Waals surface area contributed by atoms with Crippen molar-refractivity contribution in [2.24, 2.45) is 0 Å². The van der Waals surface area contributed by atoms with Crippen LogP contribution in [-0.2, 0) is 0 Å². The van der Waals surface area contributed by atoms with Gasteiger partial charge in [0, 0.05) is 24.2 Å². The van der Waals surface area contributed by atoms with E-state index in [0.29, 0.717) is 24.5 Å². The van der Waals surface area contributed by atoms with Crippen molar-refractivity contribution in [3.63, 3.8) is 0 Å². The third-order valence-electron chi connectivity index (χ3n) is 3.32. The van der Waals surface area contributed by atoms with Gasteiger partial charge in [0.15, 0.2) is 11.6 Å². The molecule has 2 amide bonds. The summed E-state index contributed by atoms with van der Waals surface area (Å²) in [4.78, 5) is 11.9. The maximum absolute atomic E-state index is 13.7. The van der Waals surface area contributed by atoms with Crippen LogP contribution < -0.4 is 15.4 Å². The van der Waals surface area contributed by atoms with Gasteiger partial charge in [-0.05, 0) is 38.1 Å². The van der Waals surface area contributed by atoms with E-state index in [-0.39, 0.29) is 11.8 Å². The standard InChI is InChI=1S/C17H21FN2O4/c1-3-23-15-7-6-12(10-13(15)18)20-17(22)19-11(2)9-14(21)16-5-4-8-24-16/h4-8,10-11,14,21H,3,9H2,1-2H3,(H2,19,20,22). The summed E-state index contributed by atoms with van der Waals surface area (Å²) in [5.74, 6) is 0.0342. The molecule has 130 valence electrons. The Morgan fingerprint density at radius 3 is 2.83 bits per heavy atom. The molecule has 1 heterocycles. The number of halogens is 1. The molecule has 2 unspecified atom stereocenters. The van der Waals surface area contributed by atoms with Gasteiger partial charge >= 0.3 is 6.03 Å². The molecule has 2 rings (SSSR count). The van der Waals surface area contributed by atoms with Gasteiger partial charge in [-0.2, -0.15) is 0 Å². The Labute approximate surface area is 139 Å². The van der Waals surface area contributed by atoms with E-state index in [1.165, 1.54) is 18.4 Å². The monoisotopic (exact) mass is 336 g/mol. The van der Waals surface area contributed by atoms with Gasteiger partial charge < -0.3 is 24.9 Å². The zero-order chi connectivity index (χ0) is 17.5. The van der Waals surface area contributed by atoms with Crippen LogP contribution in [0.4, 0.5) is 14.9 Å². The van der Waals surface area contributed by atoms with Crippen LogP contribution in [0.5, 0.6) is 5.75 Å². The van der Waals surface area contributed by atoms with Gasteiger partial charge in [0.25, 0.3) is 0 Å². The molecule has 0 saturated heterocycles. The number of hydrogen-bond donors (Lipinski definition) is 3. The highest BCUT2D eigenvalue weighted by Gasteiger charge is 2.16. The van der Waals surface area contributed by atoms with Crippen molar-refractivity contribution in [3.05, 3.63) is 48.2 Å². The fraction of sp³-hybridized carbons (Fsp3) is 0.353. The molecule has 0 aliphatic carbocycles. The summed E-state index contributed by atoms with van der Waals surface area (Å²) in [6.45, 7) is 3.88. The predicted molar refractivity (Wildman–Crippen MR) is 87.5 cm³/mol. The largest absolute Gasteiger partial charge is 0.491 e. The molecule has 7 heteroatoms. The smallest absolute Gasteiger partial charge is 0.319 e. The van der Waals surface area contributed by atoms with E-state index in [1.807, 2.05) is 0 Å². The number of rotatable bonds is 7. The minimum atomic E-state index is -0.807. The molecule has 0 aliphatic rings. The van der Waals surface area contributed by atoms with Crippen LogP contribution in [0.1, 0.15) is 32.1 Å². The minimum absolute atomic E-state index is 0.137. The second-order valence-corrected chi connectivity index (χ2v) is 5.34. The average Bonchev–Trinajstić information content (AvgIpc) is 3.04. The van der Waals surface area contributed by atoms with Crippen molar-refractivity contribution in [1.29, 1.82) is 0 Å². The van der Waals surface area contributed by atoms with Gasteiger partial charge in [0.2, 0.25) is 0 Å². The first kappa shape index (κ1) is 17.8. The Bertz CT molecular complexity index is 661.